The molecule has 3 aromatic rings. The number of rotatable bonds is 6. The van der Waals surface area contributed by atoms with E-state index in [-0.39, 0.29) is 18.7 Å². The number of nitrogens with one attached hydrogen (secondary N) is 1. The first kappa shape index (κ1) is 22.3. The number of hydroxylamine groups is 1. The standard InChI is InChI=1S/C25H25FN4O3/c26-23-21(11-6-12-22(23)29-14-4-5-15-29)24(31)28-33-25(32)30(17-19-8-2-1-3-9-19)18-20-10-7-13-27-16-20/h1-3,6-13,16H,4-5,14-15,17-18H2,(H,28,31). The van der Waals surface area contributed by atoms with Crippen molar-refractivity contribution >= 4 is 17.7 Å². The Hall–Kier alpha value is -3.94. The molecule has 7 nitrogen and oxygen atoms in total. The Balaban J connectivity index is 1.44. The van der Waals surface area contributed by atoms with Gasteiger partial charge in [0.25, 0.3) is 5.91 Å². The van der Waals surface area contributed by atoms with E-state index >= 15 is 0 Å². The normalized spacial score (nSPS) is 12.9. The lowest BCUT2D eigenvalue weighted by molar-refractivity contribution is 0.0394. The molecule has 1 aliphatic heterocycles. The first-order chi connectivity index (χ1) is 16.1. The molecule has 0 radical (unpaired) electrons. The van der Waals surface area contributed by atoms with Crippen LogP contribution in [0.4, 0.5) is 14.9 Å². The molecule has 0 aliphatic carbocycles. The zero-order valence-corrected chi connectivity index (χ0v) is 18.1. The predicted octanol–water partition coefficient (Wildman–Crippen LogP) is 4.30. The van der Waals surface area contributed by atoms with E-state index in [0.29, 0.717) is 5.69 Å². The average molecular weight is 448 g/mol. The number of carbonyl (C=O) groups excluding carboxylic acids is 2. The van der Waals surface area contributed by atoms with Crippen LogP contribution in [0.25, 0.3) is 0 Å². The van der Waals surface area contributed by atoms with Crippen LogP contribution in [-0.2, 0) is 17.9 Å². The molecule has 0 bridgehead atoms. The molecule has 1 saturated heterocycles. The van der Waals surface area contributed by atoms with Crippen LogP contribution in [0.1, 0.15) is 34.3 Å². The largest absolute Gasteiger partial charge is 0.434 e. The van der Waals surface area contributed by atoms with Crippen LogP contribution in [0.3, 0.4) is 0 Å². The van der Waals surface area contributed by atoms with Gasteiger partial charge in [0.2, 0.25) is 0 Å². The molecule has 2 heterocycles. The maximum Gasteiger partial charge on any atom is 0.434 e. The third-order valence-corrected chi connectivity index (χ3v) is 5.47. The molecular weight excluding hydrogens is 423 g/mol. The van der Waals surface area contributed by atoms with Crippen molar-refractivity contribution in [1.82, 2.24) is 15.4 Å². The summed E-state index contributed by atoms with van der Waals surface area (Å²) in [5.74, 6) is -1.44. The summed E-state index contributed by atoms with van der Waals surface area (Å²) in [5.41, 5.74) is 4.02. The van der Waals surface area contributed by atoms with Crippen molar-refractivity contribution in [2.24, 2.45) is 0 Å². The monoisotopic (exact) mass is 448 g/mol. The molecule has 0 unspecified atom stereocenters. The number of aromatic nitrogens is 1. The van der Waals surface area contributed by atoms with Crippen molar-refractivity contribution < 1.29 is 18.8 Å². The smallest absolute Gasteiger partial charge is 0.369 e. The molecule has 8 heteroatoms. The van der Waals surface area contributed by atoms with Crippen molar-refractivity contribution in [1.29, 1.82) is 0 Å². The molecule has 4 rings (SSSR count). The average Bonchev–Trinajstić information content (AvgIpc) is 3.38. The van der Waals surface area contributed by atoms with Crippen LogP contribution in [0.15, 0.2) is 73.1 Å². The van der Waals surface area contributed by atoms with Crippen LogP contribution < -0.4 is 10.4 Å². The van der Waals surface area contributed by atoms with Gasteiger partial charge in [0.1, 0.15) is 0 Å². The summed E-state index contributed by atoms with van der Waals surface area (Å²) in [6.07, 6.45) is 4.52. The Kier molecular flexibility index (Phi) is 7.14. The van der Waals surface area contributed by atoms with Crippen molar-refractivity contribution in [3.8, 4) is 0 Å². The number of anilines is 1. The number of pyridine rings is 1. The van der Waals surface area contributed by atoms with E-state index in [0.717, 1.165) is 37.1 Å². The van der Waals surface area contributed by atoms with E-state index in [1.807, 2.05) is 41.3 Å². The number of carbonyl (C=O) groups is 2. The molecular formula is C25H25FN4O3. The molecule has 1 aliphatic rings. The van der Waals surface area contributed by atoms with Gasteiger partial charge in [-0.15, -0.1) is 0 Å². The Morgan fingerprint density at radius 1 is 0.970 bits per heavy atom. The highest BCUT2D eigenvalue weighted by Gasteiger charge is 2.23. The van der Waals surface area contributed by atoms with Gasteiger partial charge in [0.15, 0.2) is 5.82 Å². The molecule has 2 amide bonds. The highest BCUT2D eigenvalue weighted by molar-refractivity contribution is 5.95. The van der Waals surface area contributed by atoms with Crippen LogP contribution >= 0.6 is 0 Å². The maximum atomic E-state index is 15.0. The maximum absolute atomic E-state index is 15.0. The Morgan fingerprint density at radius 3 is 2.42 bits per heavy atom. The number of halogens is 1. The fraction of sp³-hybridized carbons (Fsp3) is 0.240. The topological polar surface area (TPSA) is 74.8 Å². The van der Waals surface area contributed by atoms with Crippen LogP contribution in [-0.4, -0.2) is 35.0 Å². The first-order valence-corrected chi connectivity index (χ1v) is 10.8. The SMILES string of the molecule is O=C(NOC(=O)N(Cc1ccccc1)Cc1cccnc1)c1cccc(N2CCCC2)c1F. The van der Waals surface area contributed by atoms with Gasteiger partial charge >= 0.3 is 6.09 Å². The van der Waals surface area contributed by atoms with Gasteiger partial charge in [-0.3, -0.25) is 14.7 Å². The van der Waals surface area contributed by atoms with Crippen molar-refractivity contribution in [2.45, 2.75) is 25.9 Å². The number of hydrogen-bond acceptors (Lipinski definition) is 5. The fourth-order valence-electron chi connectivity index (χ4n) is 3.81. The van der Waals surface area contributed by atoms with E-state index in [2.05, 4.69) is 10.5 Å². The summed E-state index contributed by atoms with van der Waals surface area (Å²) >= 11 is 0. The second-order valence-electron chi connectivity index (χ2n) is 7.83. The van der Waals surface area contributed by atoms with Gasteiger partial charge in [-0.25, -0.2) is 9.18 Å². The second kappa shape index (κ2) is 10.6. The number of amides is 2. The molecule has 0 atom stereocenters. The minimum atomic E-state index is -0.817. The van der Waals surface area contributed by atoms with Crippen molar-refractivity contribution in [3.05, 3.63) is 95.6 Å². The third-order valence-electron chi connectivity index (χ3n) is 5.47. The third kappa shape index (κ3) is 5.65. The molecule has 33 heavy (non-hydrogen) atoms. The summed E-state index contributed by atoms with van der Waals surface area (Å²) in [7, 11) is 0. The van der Waals surface area contributed by atoms with E-state index in [1.165, 1.54) is 11.0 Å². The number of nitrogens with zero attached hydrogens (tertiary/aromatic N) is 3. The molecule has 0 spiro atoms. The lowest BCUT2D eigenvalue weighted by Crippen LogP contribution is -2.37. The van der Waals surface area contributed by atoms with Gasteiger partial charge in [0.05, 0.1) is 17.8 Å². The number of benzene rings is 2. The number of hydrogen-bond donors (Lipinski definition) is 1. The minimum absolute atomic E-state index is 0.172. The summed E-state index contributed by atoms with van der Waals surface area (Å²) in [5, 5.41) is 0. The zero-order valence-electron chi connectivity index (χ0n) is 18.1. The highest BCUT2D eigenvalue weighted by Crippen LogP contribution is 2.25. The van der Waals surface area contributed by atoms with Crippen LogP contribution in [0.5, 0.6) is 0 Å². The van der Waals surface area contributed by atoms with Crippen molar-refractivity contribution in [3.63, 3.8) is 0 Å². The molecule has 170 valence electrons. The quantitative estimate of drug-likeness (QED) is 0.569. The molecule has 1 aromatic heterocycles. The van der Waals surface area contributed by atoms with Gasteiger partial charge in [-0.2, -0.15) is 5.48 Å². The second-order valence-corrected chi connectivity index (χ2v) is 7.83. The van der Waals surface area contributed by atoms with Crippen LogP contribution in [0.2, 0.25) is 0 Å². The lowest BCUT2D eigenvalue weighted by Gasteiger charge is -2.22. The molecule has 1 N–H and O–H groups in total. The first-order valence-electron chi connectivity index (χ1n) is 10.8. The Morgan fingerprint density at radius 2 is 1.70 bits per heavy atom. The van der Waals surface area contributed by atoms with Gasteiger partial charge in [-0.1, -0.05) is 42.5 Å². The summed E-state index contributed by atoms with van der Waals surface area (Å²) in [6.45, 7) is 2.00. The molecule has 0 saturated carbocycles. The van der Waals surface area contributed by atoms with E-state index in [1.54, 1.807) is 30.6 Å². The zero-order chi connectivity index (χ0) is 23.0. The Bertz CT molecular complexity index is 1050. The summed E-state index contributed by atoms with van der Waals surface area (Å²) in [4.78, 5) is 37.9. The molecule has 2 aromatic carbocycles. The van der Waals surface area contributed by atoms with Gasteiger partial charge < -0.3 is 9.74 Å². The van der Waals surface area contributed by atoms with Gasteiger partial charge in [-0.05, 0) is 42.2 Å². The predicted molar refractivity (Wildman–Crippen MR) is 122 cm³/mol. The molecule has 1 fully saturated rings. The van der Waals surface area contributed by atoms with Gasteiger partial charge in [0, 0.05) is 32.0 Å². The van der Waals surface area contributed by atoms with E-state index in [4.69, 9.17) is 4.84 Å². The van der Waals surface area contributed by atoms with E-state index in [9.17, 15) is 14.0 Å². The highest BCUT2D eigenvalue weighted by atomic mass is 19.1. The van der Waals surface area contributed by atoms with E-state index < -0.39 is 17.8 Å². The van der Waals surface area contributed by atoms with Crippen LogP contribution in [0, 0.1) is 5.82 Å². The Labute approximate surface area is 191 Å². The summed E-state index contributed by atoms with van der Waals surface area (Å²) < 4.78 is 15.0. The fourth-order valence-corrected chi connectivity index (χ4v) is 3.81. The summed E-state index contributed by atoms with van der Waals surface area (Å²) in [6, 6.07) is 17.7. The van der Waals surface area contributed by atoms with Crippen molar-refractivity contribution in [2.75, 3.05) is 18.0 Å². The lowest BCUT2D eigenvalue weighted by atomic mass is 10.1. The minimum Gasteiger partial charge on any atom is -0.369 e.